The lowest BCUT2D eigenvalue weighted by Crippen LogP contribution is -2.33. The molecule has 1 aliphatic rings. The fourth-order valence-electron chi connectivity index (χ4n) is 3.70. The summed E-state index contributed by atoms with van der Waals surface area (Å²) in [5.41, 5.74) is 3.72. The molecule has 3 rings (SSSR count). The van der Waals surface area contributed by atoms with Gasteiger partial charge in [-0.3, -0.25) is 14.5 Å². The highest BCUT2D eigenvalue weighted by molar-refractivity contribution is 6.04. The second-order valence-corrected chi connectivity index (χ2v) is 7.87. The number of hydrogen-bond acceptors (Lipinski definition) is 3. The molecule has 0 saturated carbocycles. The number of amides is 2. The molecule has 0 unspecified atom stereocenters. The molecule has 0 bridgehead atoms. The predicted octanol–water partition coefficient (Wildman–Crippen LogP) is 3.63. The Morgan fingerprint density at radius 1 is 1.11 bits per heavy atom. The lowest BCUT2D eigenvalue weighted by molar-refractivity contribution is -0.117. The summed E-state index contributed by atoms with van der Waals surface area (Å²) < 4.78 is 0. The number of aryl methyl sites for hydroxylation is 1. The van der Waals surface area contributed by atoms with Crippen LogP contribution in [0.25, 0.3) is 0 Å². The van der Waals surface area contributed by atoms with Gasteiger partial charge in [-0.05, 0) is 49.1 Å². The third kappa shape index (κ3) is 4.78. The number of likely N-dealkylation sites (N-methyl/N-ethyl adjacent to an activating group) is 1. The Morgan fingerprint density at radius 3 is 2.61 bits per heavy atom. The molecule has 0 spiro atoms. The topological polar surface area (TPSA) is 61.4 Å². The van der Waals surface area contributed by atoms with Gasteiger partial charge in [-0.15, -0.1) is 0 Å². The standard InChI is InChI=1S/C23H29N3O2/c1-16(2)14-24-23(28)19-10-6-7-11-20(19)25-22(27)15-26(3)21-13-12-17-8-4-5-9-18(17)21/h4-11,16,21H,12-15H2,1-3H3,(H,24,28)(H,25,27)/t21-/m0/s1. The smallest absolute Gasteiger partial charge is 0.253 e. The maximum atomic E-state index is 12.6. The number of nitrogens with zero attached hydrogens (tertiary/aromatic N) is 1. The monoisotopic (exact) mass is 379 g/mol. The van der Waals surface area contributed by atoms with Crippen molar-refractivity contribution in [2.24, 2.45) is 5.92 Å². The van der Waals surface area contributed by atoms with Crippen molar-refractivity contribution in [2.45, 2.75) is 32.7 Å². The van der Waals surface area contributed by atoms with E-state index in [2.05, 4.69) is 39.8 Å². The lowest BCUT2D eigenvalue weighted by atomic mass is 10.1. The van der Waals surface area contributed by atoms with Gasteiger partial charge in [0.2, 0.25) is 5.91 Å². The molecule has 148 valence electrons. The van der Waals surface area contributed by atoms with Gasteiger partial charge in [0.25, 0.3) is 5.91 Å². The van der Waals surface area contributed by atoms with Crippen LogP contribution in [0.4, 0.5) is 5.69 Å². The minimum Gasteiger partial charge on any atom is -0.352 e. The van der Waals surface area contributed by atoms with Gasteiger partial charge >= 0.3 is 0 Å². The summed E-state index contributed by atoms with van der Waals surface area (Å²) in [5.74, 6) is 0.0901. The summed E-state index contributed by atoms with van der Waals surface area (Å²) in [7, 11) is 1.98. The number of benzene rings is 2. The quantitative estimate of drug-likeness (QED) is 0.772. The average Bonchev–Trinajstić information content (AvgIpc) is 3.10. The molecule has 0 aromatic heterocycles. The number of para-hydroxylation sites is 1. The van der Waals surface area contributed by atoms with Gasteiger partial charge in [-0.2, -0.15) is 0 Å². The molecule has 28 heavy (non-hydrogen) atoms. The third-order valence-electron chi connectivity index (χ3n) is 5.14. The second-order valence-electron chi connectivity index (χ2n) is 7.87. The van der Waals surface area contributed by atoms with E-state index in [-0.39, 0.29) is 24.4 Å². The maximum absolute atomic E-state index is 12.6. The molecular weight excluding hydrogens is 350 g/mol. The Balaban J connectivity index is 1.63. The minimum absolute atomic E-state index is 0.115. The molecule has 5 nitrogen and oxygen atoms in total. The average molecular weight is 380 g/mol. The molecule has 0 radical (unpaired) electrons. The van der Waals surface area contributed by atoms with E-state index in [0.717, 1.165) is 12.8 Å². The van der Waals surface area contributed by atoms with Crippen LogP contribution in [0, 0.1) is 5.92 Å². The lowest BCUT2D eigenvalue weighted by Gasteiger charge is -2.24. The zero-order valence-corrected chi connectivity index (χ0v) is 16.9. The first-order valence-corrected chi connectivity index (χ1v) is 9.91. The fraction of sp³-hybridized carbons (Fsp3) is 0.391. The van der Waals surface area contributed by atoms with Crippen molar-refractivity contribution < 1.29 is 9.59 Å². The normalized spacial score (nSPS) is 15.5. The van der Waals surface area contributed by atoms with Gasteiger partial charge in [0.15, 0.2) is 0 Å². The molecule has 2 aromatic carbocycles. The fourth-order valence-corrected chi connectivity index (χ4v) is 3.70. The Labute approximate surface area is 167 Å². The Hall–Kier alpha value is -2.66. The molecule has 0 saturated heterocycles. The van der Waals surface area contributed by atoms with Crippen LogP contribution < -0.4 is 10.6 Å². The number of anilines is 1. The van der Waals surface area contributed by atoms with E-state index in [1.54, 1.807) is 12.1 Å². The van der Waals surface area contributed by atoms with Crippen molar-refractivity contribution in [3.05, 3.63) is 65.2 Å². The molecule has 2 aromatic rings. The van der Waals surface area contributed by atoms with Crippen LogP contribution in [-0.4, -0.2) is 36.9 Å². The van der Waals surface area contributed by atoms with Crippen LogP contribution >= 0.6 is 0 Å². The van der Waals surface area contributed by atoms with Crippen molar-refractivity contribution in [1.29, 1.82) is 0 Å². The SMILES string of the molecule is CC(C)CNC(=O)c1ccccc1NC(=O)CN(C)[C@H]1CCc2ccccc21. The Bertz CT molecular complexity index is 847. The molecule has 2 amide bonds. The van der Waals surface area contributed by atoms with E-state index in [4.69, 9.17) is 0 Å². The highest BCUT2D eigenvalue weighted by Crippen LogP contribution is 2.34. The summed E-state index contributed by atoms with van der Waals surface area (Å²) in [6.07, 6.45) is 2.07. The highest BCUT2D eigenvalue weighted by Gasteiger charge is 2.26. The van der Waals surface area contributed by atoms with Crippen molar-refractivity contribution in [1.82, 2.24) is 10.2 Å². The Kier molecular flexibility index (Phi) is 6.47. The molecule has 1 aliphatic carbocycles. The number of carbonyl (C=O) groups is 2. The van der Waals surface area contributed by atoms with Crippen molar-refractivity contribution in [3.8, 4) is 0 Å². The first-order chi connectivity index (χ1) is 13.5. The van der Waals surface area contributed by atoms with E-state index in [1.807, 2.05) is 33.0 Å². The highest BCUT2D eigenvalue weighted by atomic mass is 16.2. The number of rotatable bonds is 7. The van der Waals surface area contributed by atoms with Gasteiger partial charge in [-0.1, -0.05) is 50.2 Å². The third-order valence-corrected chi connectivity index (χ3v) is 5.14. The summed E-state index contributed by atoms with van der Waals surface area (Å²) in [6, 6.07) is 15.8. The molecule has 0 fully saturated rings. The van der Waals surface area contributed by atoms with Crippen molar-refractivity contribution in [2.75, 3.05) is 25.5 Å². The van der Waals surface area contributed by atoms with Gasteiger partial charge in [0.05, 0.1) is 17.8 Å². The maximum Gasteiger partial charge on any atom is 0.253 e. The molecule has 0 aliphatic heterocycles. The van der Waals surface area contributed by atoms with Gasteiger partial charge in [-0.25, -0.2) is 0 Å². The molecule has 2 N–H and O–H groups in total. The van der Waals surface area contributed by atoms with Crippen LogP contribution in [0.3, 0.4) is 0 Å². The van der Waals surface area contributed by atoms with E-state index in [1.165, 1.54) is 11.1 Å². The summed E-state index contributed by atoms with van der Waals surface area (Å²) in [5, 5.41) is 5.82. The van der Waals surface area contributed by atoms with Crippen LogP contribution in [0.5, 0.6) is 0 Å². The largest absolute Gasteiger partial charge is 0.352 e. The van der Waals surface area contributed by atoms with Crippen LogP contribution in [0.2, 0.25) is 0 Å². The van der Waals surface area contributed by atoms with E-state index < -0.39 is 0 Å². The number of carbonyl (C=O) groups excluding carboxylic acids is 2. The minimum atomic E-state index is -0.164. The first-order valence-electron chi connectivity index (χ1n) is 9.91. The number of nitrogens with one attached hydrogen (secondary N) is 2. The first kappa shape index (κ1) is 20.1. The second kappa shape index (κ2) is 9.02. The van der Waals surface area contributed by atoms with Crippen molar-refractivity contribution in [3.63, 3.8) is 0 Å². The molecule has 0 heterocycles. The zero-order chi connectivity index (χ0) is 20.1. The van der Waals surface area contributed by atoms with Gasteiger partial charge in [0, 0.05) is 12.6 Å². The van der Waals surface area contributed by atoms with Crippen LogP contribution in [0.1, 0.15) is 47.8 Å². The number of hydrogen-bond donors (Lipinski definition) is 2. The molecule has 1 atom stereocenters. The summed E-state index contributed by atoms with van der Waals surface area (Å²) in [6.45, 7) is 4.97. The molecule has 5 heteroatoms. The summed E-state index contributed by atoms with van der Waals surface area (Å²) in [4.78, 5) is 27.2. The zero-order valence-electron chi connectivity index (χ0n) is 16.9. The van der Waals surface area contributed by atoms with E-state index >= 15 is 0 Å². The van der Waals surface area contributed by atoms with E-state index in [9.17, 15) is 9.59 Å². The molecular formula is C23H29N3O2. The number of fused-ring (bicyclic) bond motifs is 1. The van der Waals surface area contributed by atoms with Crippen LogP contribution in [0.15, 0.2) is 48.5 Å². The van der Waals surface area contributed by atoms with Crippen molar-refractivity contribution >= 4 is 17.5 Å². The summed E-state index contributed by atoms with van der Waals surface area (Å²) >= 11 is 0. The van der Waals surface area contributed by atoms with Crippen LogP contribution in [-0.2, 0) is 11.2 Å². The van der Waals surface area contributed by atoms with Gasteiger partial charge in [0.1, 0.15) is 0 Å². The predicted molar refractivity (Wildman–Crippen MR) is 112 cm³/mol. The van der Waals surface area contributed by atoms with E-state index in [0.29, 0.717) is 23.7 Å². The Morgan fingerprint density at radius 2 is 1.82 bits per heavy atom. The van der Waals surface area contributed by atoms with Gasteiger partial charge < -0.3 is 10.6 Å².